The molecule has 30 heavy (non-hydrogen) atoms. The van der Waals surface area contributed by atoms with Crippen molar-refractivity contribution >= 4 is 29.0 Å². The average molecular weight is 409 g/mol. The largest absolute Gasteiger partial charge is 0.368 e. The number of rotatable bonds is 4. The molecule has 0 aromatic heterocycles. The summed E-state index contributed by atoms with van der Waals surface area (Å²) in [5.41, 5.74) is 3.67. The Kier molecular flexibility index (Phi) is 6.65. The molecule has 2 N–H and O–H groups in total. The number of carbonyl (C=O) groups is 2. The van der Waals surface area contributed by atoms with E-state index in [1.807, 2.05) is 60.4 Å². The second-order valence-electron chi connectivity index (χ2n) is 9.05. The van der Waals surface area contributed by atoms with Gasteiger partial charge in [-0.25, -0.2) is 4.79 Å². The molecule has 1 aliphatic rings. The third-order valence-corrected chi connectivity index (χ3v) is 5.20. The molecule has 3 amide bonds. The van der Waals surface area contributed by atoms with Crippen LogP contribution in [-0.4, -0.2) is 43.0 Å². The Bertz CT molecular complexity index is 879. The molecule has 160 valence electrons. The van der Waals surface area contributed by atoms with E-state index in [4.69, 9.17) is 0 Å². The maximum atomic E-state index is 12.4. The van der Waals surface area contributed by atoms with E-state index in [1.54, 1.807) is 0 Å². The fraction of sp³-hybridized carbons (Fsp3) is 0.417. The summed E-state index contributed by atoms with van der Waals surface area (Å²) in [5, 5.41) is 5.74. The molecule has 1 fully saturated rings. The van der Waals surface area contributed by atoms with Crippen LogP contribution in [0.15, 0.2) is 48.5 Å². The Balaban J connectivity index is 1.51. The number of hydrogen-bond acceptors (Lipinski definition) is 3. The molecular weight excluding hydrogens is 376 g/mol. The maximum Gasteiger partial charge on any atom is 0.323 e. The van der Waals surface area contributed by atoms with Crippen molar-refractivity contribution in [3.63, 3.8) is 0 Å². The van der Waals surface area contributed by atoms with Crippen molar-refractivity contribution in [3.05, 3.63) is 54.1 Å². The molecule has 0 bridgehead atoms. The summed E-state index contributed by atoms with van der Waals surface area (Å²) in [5.74, 6) is 0.237. The molecule has 6 nitrogen and oxygen atoms in total. The lowest BCUT2D eigenvalue weighted by Crippen LogP contribution is -2.49. The van der Waals surface area contributed by atoms with Crippen LogP contribution in [0.2, 0.25) is 0 Å². The Morgan fingerprint density at radius 2 is 1.53 bits per heavy atom. The standard InChI is InChI=1S/C24H32N4O2/c1-18-7-5-6-8-21(18)26-23(30)25-19-9-11-20(12-10-19)27-13-15-28(16-14-27)22(29)17-24(2,3)4/h5-12H,13-17H2,1-4H3,(H2,25,26,30). The van der Waals surface area contributed by atoms with Crippen molar-refractivity contribution in [2.75, 3.05) is 41.7 Å². The third-order valence-electron chi connectivity index (χ3n) is 5.20. The van der Waals surface area contributed by atoms with Crippen LogP contribution in [0.5, 0.6) is 0 Å². The molecule has 3 rings (SSSR count). The number of piperazine rings is 1. The maximum absolute atomic E-state index is 12.4. The van der Waals surface area contributed by atoms with E-state index in [0.717, 1.165) is 48.8 Å². The first kappa shape index (κ1) is 21.7. The summed E-state index contributed by atoms with van der Waals surface area (Å²) in [6.45, 7) is 11.4. The highest BCUT2D eigenvalue weighted by molar-refractivity contribution is 6.00. The van der Waals surface area contributed by atoms with Gasteiger partial charge < -0.3 is 20.4 Å². The first-order valence-electron chi connectivity index (χ1n) is 10.5. The predicted molar refractivity (Wildman–Crippen MR) is 123 cm³/mol. The summed E-state index contributed by atoms with van der Waals surface area (Å²) in [6, 6.07) is 15.2. The van der Waals surface area contributed by atoms with E-state index in [9.17, 15) is 9.59 Å². The van der Waals surface area contributed by atoms with Crippen LogP contribution in [0.3, 0.4) is 0 Å². The molecule has 2 aromatic carbocycles. The van der Waals surface area contributed by atoms with E-state index >= 15 is 0 Å². The van der Waals surface area contributed by atoms with Crippen molar-refractivity contribution in [3.8, 4) is 0 Å². The molecule has 1 aliphatic heterocycles. The van der Waals surface area contributed by atoms with Gasteiger partial charge in [0.05, 0.1) is 0 Å². The Morgan fingerprint density at radius 1 is 0.900 bits per heavy atom. The fourth-order valence-corrected chi connectivity index (χ4v) is 3.53. The van der Waals surface area contributed by atoms with E-state index < -0.39 is 0 Å². The molecule has 0 radical (unpaired) electrons. The molecule has 1 saturated heterocycles. The average Bonchev–Trinajstić information content (AvgIpc) is 2.69. The van der Waals surface area contributed by atoms with Crippen LogP contribution < -0.4 is 15.5 Å². The van der Waals surface area contributed by atoms with Crippen molar-refractivity contribution in [1.29, 1.82) is 0 Å². The molecule has 0 aliphatic carbocycles. The monoisotopic (exact) mass is 408 g/mol. The van der Waals surface area contributed by atoms with Crippen molar-refractivity contribution in [2.45, 2.75) is 34.1 Å². The van der Waals surface area contributed by atoms with Crippen LogP contribution in [0.4, 0.5) is 21.9 Å². The SMILES string of the molecule is Cc1ccccc1NC(=O)Nc1ccc(N2CCN(C(=O)CC(C)(C)C)CC2)cc1. The summed E-state index contributed by atoms with van der Waals surface area (Å²) in [4.78, 5) is 28.9. The third kappa shape index (κ3) is 5.99. The topological polar surface area (TPSA) is 64.7 Å². The normalized spacial score (nSPS) is 14.4. The van der Waals surface area contributed by atoms with Crippen LogP contribution in [0.25, 0.3) is 0 Å². The lowest BCUT2D eigenvalue weighted by atomic mass is 9.91. The van der Waals surface area contributed by atoms with E-state index in [-0.39, 0.29) is 17.4 Å². The van der Waals surface area contributed by atoms with Gasteiger partial charge in [0.15, 0.2) is 0 Å². The number of para-hydroxylation sites is 1. The quantitative estimate of drug-likeness (QED) is 0.769. The molecule has 2 aromatic rings. The number of amides is 3. The van der Waals surface area contributed by atoms with Crippen LogP contribution >= 0.6 is 0 Å². The Labute approximate surface area is 179 Å². The minimum absolute atomic E-state index is 0.0164. The van der Waals surface area contributed by atoms with Gasteiger partial charge in [-0.1, -0.05) is 39.0 Å². The molecule has 0 atom stereocenters. The highest BCUT2D eigenvalue weighted by atomic mass is 16.2. The second kappa shape index (κ2) is 9.20. The van der Waals surface area contributed by atoms with Gasteiger partial charge in [0.2, 0.25) is 5.91 Å². The van der Waals surface area contributed by atoms with Gasteiger partial charge in [-0.3, -0.25) is 4.79 Å². The number of hydrogen-bond donors (Lipinski definition) is 2. The van der Waals surface area contributed by atoms with Crippen molar-refractivity contribution in [2.24, 2.45) is 5.41 Å². The zero-order valence-corrected chi connectivity index (χ0v) is 18.4. The van der Waals surface area contributed by atoms with Gasteiger partial charge >= 0.3 is 6.03 Å². The number of urea groups is 1. The number of aryl methyl sites for hydroxylation is 1. The van der Waals surface area contributed by atoms with Gasteiger partial charge in [-0.15, -0.1) is 0 Å². The highest BCUT2D eigenvalue weighted by Gasteiger charge is 2.24. The molecule has 1 heterocycles. The summed E-state index contributed by atoms with van der Waals surface area (Å²) in [7, 11) is 0. The molecule has 0 spiro atoms. The van der Waals surface area contributed by atoms with E-state index in [1.165, 1.54) is 0 Å². The van der Waals surface area contributed by atoms with Gasteiger partial charge in [0.25, 0.3) is 0 Å². The number of benzene rings is 2. The van der Waals surface area contributed by atoms with Crippen molar-refractivity contribution < 1.29 is 9.59 Å². The lowest BCUT2D eigenvalue weighted by Gasteiger charge is -2.37. The van der Waals surface area contributed by atoms with E-state index in [0.29, 0.717) is 6.42 Å². The number of nitrogens with one attached hydrogen (secondary N) is 2. The summed E-state index contributed by atoms with van der Waals surface area (Å²) in [6.07, 6.45) is 0.581. The highest BCUT2D eigenvalue weighted by Crippen LogP contribution is 2.23. The lowest BCUT2D eigenvalue weighted by molar-refractivity contribution is -0.133. The zero-order chi connectivity index (χ0) is 21.7. The van der Waals surface area contributed by atoms with Gasteiger partial charge in [-0.05, 0) is 48.2 Å². The molecule has 0 saturated carbocycles. The first-order valence-corrected chi connectivity index (χ1v) is 10.5. The van der Waals surface area contributed by atoms with Crippen LogP contribution in [0, 0.1) is 12.3 Å². The predicted octanol–water partition coefficient (Wildman–Crippen LogP) is 4.72. The summed E-state index contributed by atoms with van der Waals surface area (Å²) >= 11 is 0. The number of anilines is 3. The van der Waals surface area contributed by atoms with Crippen LogP contribution in [-0.2, 0) is 4.79 Å². The van der Waals surface area contributed by atoms with Crippen molar-refractivity contribution in [1.82, 2.24) is 4.90 Å². The zero-order valence-electron chi connectivity index (χ0n) is 18.4. The number of nitrogens with zero attached hydrogens (tertiary/aromatic N) is 2. The Morgan fingerprint density at radius 3 is 2.13 bits per heavy atom. The minimum atomic E-state index is -0.261. The van der Waals surface area contributed by atoms with E-state index in [2.05, 4.69) is 36.3 Å². The minimum Gasteiger partial charge on any atom is -0.368 e. The van der Waals surface area contributed by atoms with Gasteiger partial charge in [-0.2, -0.15) is 0 Å². The Hall–Kier alpha value is -3.02. The van der Waals surface area contributed by atoms with Crippen LogP contribution in [0.1, 0.15) is 32.8 Å². The second-order valence-corrected chi connectivity index (χ2v) is 9.05. The number of carbonyl (C=O) groups excluding carboxylic acids is 2. The molecular formula is C24H32N4O2. The first-order chi connectivity index (χ1) is 14.2. The fourth-order valence-electron chi connectivity index (χ4n) is 3.53. The van der Waals surface area contributed by atoms with Gasteiger partial charge in [0, 0.05) is 49.7 Å². The summed E-state index contributed by atoms with van der Waals surface area (Å²) < 4.78 is 0. The molecule has 6 heteroatoms. The smallest absolute Gasteiger partial charge is 0.323 e. The molecule has 0 unspecified atom stereocenters. The van der Waals surface area contributed by atoms with Gasteiger partial charge in [0.1, 0.15) is 0 Å².